The second-order valence-electron chi connectivity index (χ2n) is 4.77. The molecule has 0 fully saturated rings. The number of aryl methyl sites for hydroxylation is 1. The lowest BCUT2D eigenvalue weighted by Gasteiger charge is -2.12. The lowest BCUT2D eigenvalue weighted by molar-refractivity contribution is -0.139. The third-order valence-electron chi connectivity index (χ3n) is 3.11. The molecule has 5 heteroatoms. The van der Waals surface area contributed by atoms with Crippen molar-refractivity contribution in [2.45, 2.75) is 26.2 Å². The van der Waals surface area contributed by atoms with E-state index in [0.717, 1.165) is 11.1 Å². The number of aromatic nitrogens is 2. The van der Waals surface area contributed by atoms with Gasteiger partial charge in [-0.05, 0) is 25.8 Å². The van der Waals surface area contributed by atoms with Gasteiger partial charge >= 0.3 is 5.97 Å². The van der Waals surface area contributed by atoms with Crippen LogP contribution in [0.15, 0.2) is 36.5 Å². The Morgan fingerprint density at radius 2 is 2.00 bits per heavy atom. The van der Waals surface area contributed by atoms with Crippen molar-refractivity contribution in [3.05, 3.63) is 53.5 Å². The normalized spacial score (nSPS) is 11.9. The highest BCUT2D eigenvalue weighted by molar-refractivity contribution is 5.75. The first-order chi connectivity index (χ1) is 10.1. The number of nitrogens with zero attached hydrogens (tertiary/aromatic N) is 2. The zero-order valence-corrected chi connectivity index (χ0v) is 12.1. The smallest absolute Gasteiger partial charge is 0.314 e. The number of aliphatic carboxylic acids is 1. The van der Waals surface area contributed by atoms with Gasteiger partial charge in [-0.25, -0.2) is 4.98 Å². The van der Waals surface area contributed by atoms with Gasteiger partial charge < -0.3 is 9.84 Å². The fraction of sp³-hybridized carbons (Fsp3) is 0.312. The van der Waals surface area contributed by atoms with E-state index >= 15 is 0 Å². The Labute approximate surface area is 123 Å². The molecule has 110 valence electrons. The van der Waals surface area contributed by atoms with Crippen molar-refractivity contribution in [3.63, 3.8) is 0 Å². The highest BCUT2D eigenvalue weighted by atomic mass is 16.5. The SMILES string of the molecule is CCOc1ccnc(C(Cc2ccc(C)cc2)C(=O)O)n1. The summed E-state index contributed by atoms with van der Waals surface area (Å²) in [6, 6.07) is 9.41. The number of hydrogen-bond donors (Lipinski definition) is 1. The summed E-state index contributed by atoms with van der Waals surface area (Å²) in [6.07, 6.45) is 1.88. The van der Waals surface area contributed by atoms with Crippen molar-refractivity contribution < 1.29 is 14.6 Å². The predicted octanol–water partition coefficient (Wildman–Crippen LogP) is 2.59. The monoisotopic (exact) mass is 286 g/mol. The van der Waals surface area contributed by atoms with Crippen LogP contribution in [0, 0.1) is 6.92 Å². The predicted molar refractivity (Wildman–Crippen MR) is 78.5 cm³/mol. The van der Waals surface area contributed by atoms with Crippen molar-refractivity contribution in [2.24, 2.45) is 0 Å². The van der Waals surface area contributed by atoms with Gasteiger partial charge in [0, 0.05) is 12.3 Å². The van der Waals surface area contributed by atoms with E-state index in [1.165, 1.54) is 6.20 Å². The summed E-state index contributed by atoms with van der Waals surface area (Å²) in [5.41, 5.74) is 2.08. The number of carboxylic acids is 1. The summed E-state index contributed by atoms with van der Waals surface area (Å²) < 4.78 is 5.30. The summed E-state index contributed by atoms with van der Waals surface area (Å²) >= 11 is 0. The third kappa shape index (κ3) is 4.02. The molecule has 0 amide bonds. The molecular formula is C16H18N2O3. The number of rotatable bonds is 6. The molecule has 0 saturated heterocycles. The first-order valence-electron chi connectivity index (χ1n) is 6.84. The van der Waals surface area contributed by atoms with Crippen LogP contribution in [0.3, 0.4) is 0 Å². The fourth-order valence-electron chi connectivity index (χ4n) is 2.00. The van der Waals surface area contributed by atoms with E-state index in [2.05, 4.69) is 9.97 Å². The molecule has 0 aliphatic rings. The van der Waals surface area contributed by atoms with E-state index in [9.17, 15) is 9.90 Å². The first kappa shape index (κ1) is 15.0. The van der Waals surface area contributed by atoms with Gasteiger partial charge in [-0.3, -0.25) is 4.79 Å². The van der Waals surface area contributed by atoms with Crippen LogP contribution in [0.25, 0.3) is 0 Å². The standard InChI is InChI=1S/C16H18N2O3/c1-3-21-14-8-9-17-15(18-14)13(16(19)20)10-12-6-4-11(2)5-7-12/h4-9,13H,3,10H2,1-2H3,(H,19,20). The van der Waals surface area contributed by atoms with E-state index < -0.39 is 11.9 Å². The van der Waals surface area contributed by atoms with E-state index in [4.69, 9.17) is 4.74 Å². The van der Waals surface area contributed by atoms with E-state index in [1.807, 2.05) is 38.1 Å². The Morgan fingerprint density at radius 3 is 2.62 bits per heavy atom. The Hall–Kier alpha value is -2.43. The molecule has 0 aliphatic heterocycles. The third-order valence-corrected chi connectivity index (χ3v) is 3.11. The van der Waals surface area contributed by atoms with E-state index in [0.29, 0.717) is 18.9 Å². The largest absolute Gasteiger partial charge is 0.481 e. The van der Waals surface area contributed by atoms with Crippen molar-refractivity contribution in [1.29, 1.82) is 0 Å². The molecule has 2 aromatic rings. The van der Waals surface area contributed by atoms with E-state index in [1.54, 1.807) is 6.07 Å². The molecule has 0 bridgehead atoms. The van der Waals surface area contributed by atoms with Gasteiger partial charge in [-0.2, -0.15) is 4.98 Å². The first-order valence-corrected chi connectivity index (χ1v) is 6.84. The average molecular weight is 286 g/mol. The average Bonchev–Trinajstić information content (AvgIpc) is 2.47. The Balaban J connectivity index is 2.24. The quantitative estimate of drug-likeness (QED) is 0.883. The van der Waals surface area contributed by atoms with Crippen LogP contribution in [0.5, 0.6) is 5.88 Å². The molecule has 1 N–H and O–H groups in total. The van der Waals surface area contributed by atoms with Gasteiger partial charge in [-0.15, -0.1) is 0 Å². The molecule has 1 heterocycles. The fourth-order valence-corrected chi connectivity index (χ4v) is 2.00. The van der Waals surface area contributed by atoms with Gasteiger partial charge in [0.25, 0.3) is 0 Å². The second kappa shape index (κ2) is 6.83. The lowest BCUT2D eigenvalue weighted by atomic mass is 9.98. The highest BCUT2D eigenvalue weighted by Gasteiger charge is 2.23. The van der Waals surface area contributed by atoms with Crippen LogP contribution in [0.1, 0.15) is 29.8 Å². The highest BCUT2D eigenvalue weighted by Crippen LogP contribution is 2.20. The maximum atomic E-state index is 11.5. The van der Waals surface area contributed by atoms with Gasteiger partial charge in [0.2, 0.25) is 5.88 Å². The Bertz CT molecular complexity index is 611. The van der Waals surface area contributed by atoms with Crippen LogP contribution in [0.2, 0.25) is 0 Å². The van der Waals surface area contributed by atoms with Crippen LogP contribution < -0.4 is 4.74 Å². The zero-order chi connectivity index (χ0) is 15.2. The molecule has 1 aromatic heterocycles. The van der Waals surface area contributed by atoms with Crippen LogP contribution in [-0.2, 0) is 11.2 Å². The Morgan fingerprint density at radius 1 is 1.29 bits per heavy atom. The summed E-state index contributed by atoms with van der Waals surface area (Å²) in [5.74, 6) is -1.05. The topological polar surface area (TPSA) is 72.3 Å². The number of hydrogen-bond acceptors (Lipinski definition) is 4. The Kier molecular flexibility index (Phi) is 4.87. The van der Waals surface area contributed by atoms with Gasteiger partial charge in [0.05, 0.1) is 6.61 Å². The maximum absolute atomic E-state index is 11.5. The molecule has 1 aromatic carbocycles. The number of benzene rings is 1. The molecule has 21 heavy (non-hydrogen) atoms. The molecule has 0 aliphatic carbocycles. The molecular weight excluding hydrogens is 268 g/mol. The number of carbonyl (C=O) groups is 1. The molecule has 2 rings (SSSR count). The maximum Gasteiger partial charge on any atom is 0.314 e. The molecule has 0 saturated carbocycles. The van der Waals surface area contributed by atoms with Crippen molar-refractivity contribution >= 4 is 5.97 Å². The van der Waals surface area contributed by atoms with Crippen LogP contribution in [-0.4, -0.2) is 27.7 Å². The molecule has 0 spiro atoms. The minimum absolute atomic E-state index is 0.272. The van der Waals surface area contributed by atoms with Gasteiger partial charge in [-0.1, -0.05) is 29.8 Å². The second-order valence-corrected chi connectivity index (χ2v) is 4.77. The molecule has 1 unspecified atom stereocenters. The van der Waals surface area contributed by atoms with Crippen LogP contribution in [0.4, 0.5) is 0 Å². The zero-order valence-electron chi connectivity index (χ0n) is 12.1. The lowest BCUT2D eigenvalue weighted by Crippen LogP contribution is -2.17. The number of ether oxygens (including phenoxy) is 1. The van der Waals surface area contributed by atoms with E-state index in [-0.39, 0.29) is 5.82 Å². The van der Waals surface area contributed by atoms with Crippen molar-refractivity contribution in [3.8, 4) is 5.88 Å². The van der Waals surface area contributed by atoms with Crippen LogP contribution >= 0.6 is 0 Å². The minimum atomic E-state index is -0.941. The molecule has 0 radical (unpaired) electrons. The summed E-state index contributed by atoms with van der Waals surface area (Å²) in [5, 5.41) is 9.44. The number of carboxylic acid groups (broad SMARTS) is 1. The van der Waals surface area contributed by atoms with Gasteiger partial charge in [0.15, 0.2) is 0 Å². The summed E-state index contributed by atoms with van der Waals surface area (Å²) in [4.78, 5) is 19.8. The molecule has 5 nitrogen and oxygen atoms in total. The summed E-state index contributed by atoms with van der Waals surface area (Å²) in [7, 11) is 0. The van der Waals surface area contributed by atoms with Gasteiger partial charge in [0.1, 0.15) is 11.7 Å². The molecule has 1 atom stereocenters. The summed E-state index contributed by atoms with van der Waals surface area (Å²) in [6.45, 7) is 4.32. The minimum Gasteiger partial charge on any atom is -0.481 e. The van der Waals surface area contributed by atoms with Crippen molar-refractivity contribution in [1.82, 2.24) is 9.97 Å². The van der Waals surface area contributed by atoms with Crippen molar-refractivity contribution in [2.75, 3.05) is 6.61 Å².